The Morgan fingerprint density at radius 3 is 2.61 bits per heavy atom. The van der Waals surface area contributed by atoms with Crippen molar-refractivity contribution in [2.75, 3.05) is 32.2 Å². The van der Waals surface area contributed by atoms with Crippen LogP contribution in [0.1, 0.15) is 5.82 Å². The van der Waals surface area contributed by atoms with Crippen LogP contribution in [0.25, 0.3) is 21.3 Å². The fraction of sp³-hybridized carbons (Fsp3) is 0.294. The number of hydrogen-bond donors (Lipinski definition) is 1. The molecule has 0 radical (unpaired) electrons. The maximum absolute atomic E-state index is 9.24. The Bertz CT molecular complexity index is 815. The van der Waals surface area contributed by atoms with E-state index in [2.05, 4.69) is 15.3 Å². The van der Waals surface area contributed by atoms with Gasteiger partial charge in [-0.1, -0.05) is 12.1 Å². The van der Waals surface area contributed by atoms with Gasteiger partial charge < -0.3 is 14.7 Å². The van der Waals surface area contributed by atoms with Crippen molar-refractivity contribution >= 4 is 27.4 Å². The van der Waals surface area contributed by atoms with Crippen LogP contribution >= 0.6 is 11.3 Å². The second-order valence-electron chi connectivity index (χ2n) is 5.30. The second kappa shape index (κ2) is 6.52. The van der Waals surface area contributed by atoms with Gasteiger partial charge >= 0.3 is 0 Å². The summed E-state index contributed by atoms with van der Waals surface area (Å²) < 4.78 is 5.23. The Balaban J connectivity index is 2.17. The number of aliphatic hydroxyl groups is 1. The molecule has 0 saturated carbocycles. The van der Waals surface area contributed by atoms with Crippen LogP contribution in [0.15, 0.2) is 29.6 Å². The van der Waals surface area contributed by atoms with E-state index in [0.29, 0.717) is 6.54 Å². The lowest BCUT2D eigenvalue weighted by atomic mass is 10.1. The molecule has 1 N–H and O–H groups in total. The topological polar surface area (TPSA) is 58.5 Å². The molecule has 5 nitrogen and oxygen atoms in total. The largest absolute Gasteiger partial charge is 0.497 e. The van der Waals surface area contributed by atoms with Gasteiger partial charge in [-0.15, -0.1) is 11.3 Å². The molecule has 6 heteroatoms. The van der Waals surface area contributed by atoms with Crippen molar-refractivity contribution < 1.29 is 9.84 Å². The third-order valence-electron chi connectivity index (χ3n) is 3.72. The van der Waals surface area contributed by atoms with Crippen molar-refractivity contribution in [2.24, 2.45) is 0 Å². The lowest BCUT2D eigenvalue weighted by Crippen LogP contribution is -2.23. The molecule has 3 rings (SSSR count). The zero-order valence-corrected chi connectivity index (χ0v) is 14.2. The minimum Gasteiger partial charge on any atom is -0.497 e. The molecule has 0 saturated heterocycles. The summed E-state index contributed by atoms with van der Waals surface area (Å²) in [5.41, 5.74) is 2.20. The number of likely N-dealkylation sites (N-methyl/N-ethyl adjacent to an activating group) is 1. The number of methoxy groups -OCH3 is 1. The zero-order chi connectivity index (χ0) is 16.4. The molecule has 0 aliphatic heterocycles. The summed E-state index contributed by atoms with van der Waals surface area (Å²) in [5, 5.41) is 12.4. The van der Waals surface area contributed by atoms with E-state index in [1.165, 1.54) is 0 Å². The number of hydrogen-bond acceptors (Lipinski definition) is 6. The Labute approximate surface area is 139 Å². The smallest absolute Gasteiger partial charge is 0.141 e. The molecule has 0 fully saturated rings. The molecule has 23 heavy (non-hydrogen) atoms. The minimum atomic E-state index is 0.0864. The number of rotatable bonds is 5. The minimum absolute atomic E-state index is 0.0864. The van der Waals surface area contributed by atoms with Gasteiger partial charge in [-0.05, 0) is 24.6 Å². The van der Waals surface area contributed by atoms with E-state index in [1.807, 2.05) is 43.1 Å². The highest BCUT2D eigenvalue weighted by Gasteiger charge is 2.17. The molecule has 0 atom stereocenters. The molecule has 1 aromatic carbocycles. The van der Waals surface area contributed by atoms with Gasteiger partial charge in [-0.2, -0.15) is 0 Å². The number of nitrogens with zero attached hydrogens (tertiary/aromatic N) is 3. The molecule has 0 aliphatic rings. The van der Waals surface area contributed by atoms with Crippen LogP contribution in [0.3, 0.4) is 0 Å². The summed E-state index contributed by atoms with van der Waals surface area (Å²) in [5.74, 6) is 2.42. The van der Waals surface area contributed by atoms with Crippen LogP contribution in [0.4, 0.5) is 5.82 Å². The SMILES string of the molecule is COc1ccc(-c2csc3nc(C)nc(N(C)CCO)c23)cc1. The predicted molar refractivity (Wildman–Crippen MR) is 94.5 cm³/mol. The number of fused-ring (bicyclic) bond motifs is 1. The van der Waals surface area contributed by atoms with Gasteiger partial charge in [-0.25, -0.2) is 9.97 Å². The first-order valence-corrected chi connectivity index (χ1v) is 8.24. The molecule has 0 bridgehead atoms. The summed E-state index contributed by atoms with van der Waals surface area (Å²) >= 11 is 1.61. The lowest BCUT2D eigenvalue weighted by molar-refractivity contribution is 0.304. The van der Waals surface area contributed by atoms with Crippen molar-refractivity contribution in [3.63, 3.8) is 0 Å². The van der Waals surface area contributed by atoms with Crippen molar-refractivity contribution in [3.05, 3.63) is 35.5 Å². The number of thiophene rings is 1. The molecule has 2 aromatic heterocycles. The Kier molecular flexibility index (Phi) is 4.45. The van der Waals surface area contributed by atoms with Crippen molar-refractivity contribution in [2.45, 2.75) is 6.92 Å². The molecular formula is C17H19N3O2S. The normalized spacial score (nSPS) is 11.0. The van der Waals surface area contributed by atoms with Gasteiger partial charge in [0.1, 0.15) is 22.2 Å². The standard InChI is InChI=1S/C17H19N3O2S/c1-11-18-16(20(2)8-9-21)15-14(10-23-17(15)19-11)12-4-6-13(22-3)7-5-12/h4-7,10,21H,8-9H2,1-3H3. The van der Waals surface area contributed by atoms with Crippen molar-refractivity contribution in [3.8, 4) is 16.9 Å². The Morgan fingerprint density at radius 2 is 1.96 bits per heavy atom. The molecule has 0 unspecified atom stereocenters. The average Bonchev–Trinajstić information content (AvgIpc) is 2.98. The summed E-state index contributed by atoms with van der Waals surface area (Å²) in [4.78, 5) is 12.1. The van der Waals surface area contributed by atoms with Crippen LogP contribution in [-0.2, 0) is 0 Å². The molecule has 0 spiro atoms. The van der Waals surface area contributed by atoms with Gasteiger partial charge in [0.05, 0.1) is 19.1 Å². The zero-order valence-electron chi connectivity index (χ0n) is 13.4. The third-order valence-corrected chi connectivity index (χ3v) is 4.60. The van der Waals surface area contributed by atoms with Crippen molar-refractivity contribution in [1.29, 1.82) is 0 Å². The molecule has 120 valence electrons. The van der Waals surface area contributed by atoms with Gasteiger partial charge in [0.15, 0.2) is 0 Å². The number of anilines is 1. The summed E-state index contributed by atoms with van der Waals surface area (Å²) in [6, 6.07) is 7.97. The third kappa shape index (κ3) is 3.00. The fourth-order valence-corrected chi connectivity index (χ4v) is 3.53. The van der Waals surface area contributed by atoms with Crippen LogP contribution < -0.4 is 9.64 Å². The maximum atomic E-state index is 9.24. The van der Waals surface area contributed by atoms with Gasteiger partial charge in [0.2, 0.25) is 0 Å². The van der Waals surface area contributed by atoms with Crippen LogP contribution in [-0.4, -0.2) is 42.4 Å². The lowest BCUT2D eigenvalue weighted by Gasteiger charge is -2.19. The van der Waals surface area contributed by atoms with E-state index >= 15 is 0 Å². The van der Waals surface area contributed by atoms with E-state index in [4.69, 9.17) is 4.74 Å². The molecular weight excluding hydrogens is 310 g/mol. The summed E-state index contributed by atoms with van der Waals surface area (Å²) in [6.07, 6.45) is 0. The quantitative estimate of drug-likeness (QED) is 0.779. The first kappa shape index (κ1) is 15.7. The molecule has 3 aromatic rings. The highest BCUT2D eigenvalue weighted by atomic mass is 32.1. The van der Waals surface area contributed by atoms with E-state index in [9.17, 15) is 5.11 Å². The van der Waals surface area contributed by atoms with Crippen LogP contribution in [0.5, 0.6) is 5.75 Å². The first-order valence-electron chi connectivity index (χ1n) is 7.36. The van der Waals surface area contributed by atoms with E-state index in [1.54, 1.807) is 18.4 Å². The maximum Gasteiger partial charge on any atom is 0.141 e. The van der Waals surface area contributed by atoms with Gasteiger partial charge in [0, 0.05) is 24.5 Å². The summed E-state index contributed by atoms with van der Waals surface area (Å²) in [6.45, 7) is 2.51. The van der Waals surface area contributed by atoms with E-state index in [0.717, 1.165) is 38.7 Å². The fourth-order valence-electron chi connectivity index (χ4n) is 2.54. The highest BCUT2D eigenvalue weighted by molar-refractivity contribution is 7.17. The molecule has 0 aliphatic carbocycles. The van der Waals surface area contributed by atoms with Gasteiger partial charge in [0.25, 0.3) is 0 Å². The van der Waals surface area contributed by atoms with Gasteiger partial charge in [-0.3, -0.25) is 0 Å². The van der Waals surface area contributed by atoms with Crippen LogP contribution in [0.2, 0.25) is 0 Å². The first-order chi connectivity index (χ1) is 11.1. The van der Waals surface area contributed by atoms with E-state index in [-0.39, 0.29) is 6.61 Å². The number of aliphatic hydroxyl groups excluding tert-OH is 1. The van der Waals surface area contributed by atoms with Crippen LogP contribution in [0, 0.1) is 6.92 Å². The molecule has 2 heterocycles. The predicted octanol–water partition coefficient (Wildman–Crippen LogP) is 3.10. The van der Waals surface area contributed by atoms with E-state index < -0.39 is 0 Å². The number of benzene rings is 1. The summed E-state index contributed by atoms with van der Waals surface area (Å²) in [7, 11) is 3.60. The Morgan fingerprint density at radius 1 is 1.22 bits per heavy atom. The van der Waals surface area contributed by atoms with Crippen molar-refractivity contribution in [1.82, 2.24) is 9.97 Å². The highest BCUT2D eigenvalue weighted by Crippen LogP contribution is 2.38. The number of aromatic nitrogens is 2. The monoisotopic (exact) mass is 329 g/mol. The number of aryl methyl sites for hydroxylation is 1. The second-order valence-corrected chi connectivity index (χ2v) is 6.16. The number of ether oxygens (including phenoxy) is 1. The Hall–Kier alpha value is -2.18. The average molecular weight is 329 g/mol. The molecule has 0 amide bonds.